The summed E-state index contributed by atoms with van der Waals surface area (Å²) in [6, 6.07) is 9.35. The van der Waals surface area contributed by atoms with Crippen LogP contribution in [0.5, 0.6) is 5.75 Å². The highest BCUT2D eigenvalue weighted by Crippen LogP contribution is 2.36. The Hall–Kier alpha value is -1.31. The average Bonchev–Trinajstić information content (AvgIpc) is 2.60. The molecule has 0 heterocycles. The molecule has 0 bridgehead atoms. The minimum Gasteiger partial charge on any atom is -0.489 e. The Morgan fingerprint density at radius 3 is 2.33 bits per heavy atom. The van der Waals surface area contributed by atoms with Crippen molar-refractivity contribution in [1.82, 2.24) is 5.32 Å². The predicted molar refractivity (Wildman–Crippen MR) is 108 cm³/mol. The first kappa shape index (κ1) is 22.0. The largest absolute Gasteiger partial charge is 0.489 e. The Balaban J connectivity index is 2.20. The van der Waals surface area contributed by atoms with Crippen molar-refractivity contribution in [2.45, 2.75) is 42.7 Å². The minimum absolute atomic E-state index is 0.000171. The molecule has 0 saturated heterocycles. The van der Waals surface area contributed by atoms with E-state index < -0.39 is 15.9 Å². The second-order valence-corrected chi connectivity index (χ2v) is 9.29. The molecule has 0 amide bonds. The molecular formula is C19H23Cl2NO4S. The molecule has 0 saturated carbocycles. The molecule has 2 N–H and O–H groups in total. The summed E-state index contributed by atoms with van der Waals surface area (Å²) in [5, 5.41) is 13.1. The summed E-state index contributed by atoms with van der Waals surface area (Å²) >= 11 is 12.4. The third-order valence-electron chi connectivity index (χ3n) is 3.80. The summed E-state index contributed by atoms with van der Waals surface area (Å²) in [6.07, 6.45) is -0.738. The van der Waals surface area contributed by atoms with Crippen LogP contribution in [0.2, 0.25) is 10.0 Å². The number of hydrogen-bond acceptors (Lipinski definition) is 5. The Kier molecular flexibility index (Phi) is 7.54. The first-order valence-corrected chi connectivity index (χ1v) is 10.7. The van der Waals surface area contributed by atoms with Crippen molar-refractivity contribution in [2.24, 2.45) is 0 Å². The van der Waals surface area contributed by atoms with Crippen LogP contribution in [0, 0.1) is 6.92 Å². The predicted octanol–water partition coefficient (Wildman–Crippen LogP) is 3.87. The molecule has 8 heteroatoms. The fourth-order valence-corrected chi connectivity index (χ4v) is 4.37. The molecule has 0 aliphatic rings. The second kappa shape index (κ2) is 9.26. The Labute approximate surface area is 170 Å². The van der Waals surface area contributed by atoms with Crippen LogP contribution in [0.25, 0.3) is 0 Å². The van der Waals surface area contributed by atoms with Crippen LogP contribution in [-0.2, 0) is 9.84 Å². The molecule has 1 atom stereocenters. The molecule has 27 heavy (non-hydrogen) atoms. The third-order valence-corrected chi connectivity index (χ3v) is 6.33. The molecule has 0 radical (unpaired) electrons. The van der Waals surface area contributed by atoms with E-state index in [0.717, 1.165) is 5.56 Å². The Morgan fingerprint density at radius 2 is 1.74 bits per heavy atom. The zero-order valence-electron chi connectivity index (χ0n) is 15.4. The number of rotatable bonds is 8. The number of aliphatic hydroxyl groups is 1. The van der Waals surface area contributed by atoms with Gasteiger partial charge in [-0.3, -0.25) is 0 Å². The van der Waals surface area contributed by atoms with E-state index in [-0.39, 0.29) is 38.2 Å². The van der Waals surface area contributed by atoms with E-state index in [1.54, 1.807) is 12.1 Å². The quantitative estimate of drug-likeness (QED) is 0.663. The normalized spacial score (nSPS) is 13.0. The highest BCUT2D eigenvalue weighted by Gasteiger charge is 2.23. The highest BCUT2D eigenvalue weighted by molar-refractivity contribution is 7.91. The third kappa shape index (κ3) is 5.83. The van der Waals surface area contributed by atoms with Gasteiger partial charge in [-0.05, 0) is 25.1 Å². The lowest BCUT2D eigenvalue weighted by Crippen LogP contribution is -2.35. The van der Waals surface area contributed by atoms with Crippen molar-refractivity contribution in [2.75, 3.05) is 13.2 Å². The summed E-state index contributed by atoms with van der Waals surface area (Å²) in [7, 11) is -3.81. The molecule has 2 aromatic carbocycles. The molecule has 5 nitrogen and oxygen atoms in total. The molecule has 0 spiro atoms. The Morgan fingerprint density at radius 1 is 1.11 bits per heavy atom. The van der Waals surface area contributed by atoms with Crippen molar-refractivity contribution < 1.29 is 18.3 Å². The summed E-state index contributed by atoms with van der Waals surface area (Å²) in [5.41, 5.74) is 0.951. The number of benzene rings is 2. The van der Waals surface area contributed by atoms with Crippen LogP contribution in [0.4, 0.5) is 0 Å². The lowest BCUT2D eigenvalue weighted by atomic mass is 10.2. The van der Waals surface area contributed by atoms with Gasteiger partial charge in [0.25, 0.3) is 0 Å². The van der Waals surface area contributed by atoms with Gasteiger partial charge in [0, 0.05) is 18.7 Å². The van der Waals surface area contributed by atoms with Crippen molar-refractivity contribution in [3.63, 3.8) is 0 Å². The standard InChI is InChI=1S/C19H23Cl2NO4S/c1-12(2)22-10-14(23)11-26-18-8-17(21)19(9-16(18)20)27(24,25)15-6-4-13(3)5-7-15/h4-9,12,14,22-23H,10-11H2,1-3H3. The van der Waals surface area contributed by atoms with Crippen LogP contribution >= 0.6 is 23.2 Å². The average molecular weight is 432 g/mol. The van der Waals surface area contributed by atoms with Gasteiger partial charge in [-0.25, -0.2) is 8.42 Å². The van der Waals surface area contributed by atoms with Crippen molar-refractivity contribution in [1.29, 1.82) is 0 Å². The topological polar surface area (TPSA) is 75.6 Å². The van der Waals surface area contributed by atoms with E-state index in [1.165, 1.54) is 24.3 Å². The smallest absolute Gasteiger partial charge is 0.208 e. The van der Waals surface area contributed by atoms with Gasteiger partial charge in [-0.15, -0.1) is 0 Å². The van der Waals surface area contributed by atoms with E-state index in [2.05, 4.69) is 5.32 Å². The van der Waals surface area contributed by atoms with Crippen LogP contribution < -0.4 is 10.1 Å². The fraction of sp³-hybridized carbons (Fsp3) is 0.368. The summed E-state index contributed by atoms with van der Waals surface area (Å²) in [6.45, 7) is 6.18. The zero-order valence-corrected chi connectivity index (χ0v) is 17.7. The molecule has 148 valence electrons. The maximum Gasteiger partial charge on any atom is 0.208 e. The lowest BCUT2D eigenvalue weighted by Gasteiger charge is -2.16. The molecule has 0 aliphatic heterocycles. The van der Waals surface area contributed by atoms with E-state index in [1.807, 2.05) is 20.8 Å². The number of halogens is 2. The molecule has 2 rings (SSSR count). The molecule has 0 aliphatic carbocycles. The molecule has 1 unspecified atom stereocenters. The number of sulfone groups is 1. The number of nitrogens with one attached hydrogen (secondary N) is 1. The van der Waals surface area contributed by atoms with Crippen LogP contribution in [0.1, 0.15) is 19.4 Å². The fourth-order valence-electron chi connectivity index (χ4n) is 2.29. The maximum absolute atomic E-state index is 12.8. The number of ether oxygens (including phenoxy) is 1. The van der Waals surface area contributed by atoms with Crippen LogP contribution in [0.15, 0.2) is 46.2 Å². The van der Waals surface area contributed by atoms with Gasteiger partial charge >= 0.3 is 0 Å². The Bertz CT molecular complexity index is 883. The number of aryl methyl sites for hydroxylation is 1. The zero-order chi connectivity index (χ0) is 20.2. The first-order chi connectivity index (χ1) is 12.6. The van der Waals surface area contributed by atoms with Gasteiger partial charge in [-0.1, -0.05) is 54.7 Å². The minimum atomic E-state index is -3.81. The molecule has 2 aromatic rings. The monoisotopic (exact) mass is 431 g/mol. The second-order valence-electron chi connectivity index (χ2n) is 6.56. The van der Waals surface area contributed by atoms with Gasteiger partial charge in [0.2, 0.25) is 9.84 Å². The maximum atomic E-state index is 12.8. The summed E-state index contributed by atoms with van der Waals surface area (Å²) in [4.78, 5) is 0.0438. The van der Waals surface area contributed by atoms with E-state index >= 15 is 0 Å². The lowest BCUT2D eigenvalue weighted by molar-refractivity contribution is 0.104. The van der Waals surface area contributed by atoms with Gasteiger partial charge in [0.05, 0.1) is 19.8 Å². The summed E-state index contributed by atoms with van der Waals surface area (Å²) < 4.78 is 31.1. The molecule has 0 fully saturated rings. The van der Waals surface area contributed by atoms with E-state index in [0.29, 0.717) is 6.54 Å². The summed E-state index contributed by atoms with van der Waals surface area (Å²) in [5.74, 6) is 0.216. The molecule has 0 aromatic heterocycles. The van der Waals surface area contributed by atoms with Gasteiger partial charge in [0.15, 0.2) is 0 Å². The van der Waals surface area contributed by atoms with Gasteiger partial charge < -0.3 is 15.2 Å². The number of aliphatic hydroxyl groups excluding tert-OH is 1. The van der Waals surface area contributed by atoms with Crippen molar-refractivity contribution in [3.8, 4) is 5.75 Å². The first-order valence-electron chi connectivity index (χ1n) is 8.46. The van der Waals surface area contributed by atoms with E-state index in [4.69, 9.17) is 27.9 Å². The van der Waals surface area contributed by atoms with Crippen molar-refractivity contribution in [3.05, 3.63) is 52.0 Å². The van der Waals surface area contributed by atoms with E-state index in [9.17, 15) is 13.5 Å². The highest BCUT2D eigenvalue weighted by atomic mass is 35.5. The van der Waals surface area contributed by atoms with Gasteiger partial charge in [-0.2, -0.15) is 0 Å². The number of hydrogen-bond donors (Lipinski definition) is 2. The SMILES string of the molecule is Cc1ccc(S(=O)(=O)c2cc(Cl)c(OCC(O)CNC(C)C)cc2Cl)cc1. The molecular weight excluding hydrogens is 409 g/mol. The van der Waals surface area contributed by atoms with Crippen molar-refractivity contribution >= 4 is 33.0 Å². The van der Waals surface area contributed by atoms with Crippen LogP contribution in [0.3, 0.4) is 0 Å². The van der Waals surface area contributed by atoms with Crippen LogP contribution in [-0.4, -0.2) is 38.8 Å². The van der Waals surface area contributed by atoms with Gasteiger partial charge in [0.1, 0.15) is 18.5 Å².